The van der Waals surface area contributed by atoms with Crippen molar-refractivity contribution in [3.8, 4) is 17.2 Å². The normalized spacial score (nSPS) is 12.5. The monoisotopic (exact) mass is 478 g/mol. The molecule has 0 unspecified atom stereocenters. The van der Waals surface area contributed by atoms with Crippen molar-refractivity contribution in [2.24, 2.45) is 0 Å². The molecule has 0 aliphatic carbocycles. The van der Waals surface area contributed by atoms with Gasteiger partial charge in [0.05, 0.1) is 32.3 Å². The highest BCUT2D eigenvalue weighted by Crippen LogP contribution is 2.35. The van der Waals surface area contributed by atoms with Crippen molar-refractivity contribution in [1.82, 2.24) is 30.1 Å². The summed E-state index contributed by atoms with van der Waals surface area (Å²) in [6.07, 6.45) is 0. The molecule has 2 aromatic carbocycles. The lowest BCUT2D eigenvalue weighted by Crippen LogP contribution is -2.28. The number of aromatic nitrogens is 5. The van der Waals surface area contributed by atoms with Gasteiger partial charge in [-0.25, -0.2) is 4.68 Å². The van der Waals surface area contributed by atoms with Gasteiger partial charge in [-0.1, -0.05) is 12.1 Å². The van der Waals surface area contributed by atoms with Gasteiger partial charge in [0.2, 0.25) is 6.79 Å². The van der Waals surface area contributed by atoms with Crippen LogP contribution in [0.15, 0.2) is 47.3 Å². The lowest BCUT2D eigenvalue weighted by atomic mass is 10.1. The number of nitrogens with zero attached hydrogens (tertiary/aromatic N) is 5. The average Bonchev–Trinajstić information content (AvgIpc) is 3.51. The average molecular weight is 479 g/mol. The standard InChI is InChI=1S/C24H26N6O5/c1-32-8-7-30-23(26-27-28-30)14-29(12-16-3-5-19(33-2)6-4-16)13-18-9-17-10-21-22(35-15-34-21)11-20(17)25-24(18)31/h3-6,9-11H,7-8,12-15H2,1-2H3,(H,25,31). The molecule has 11 nitrogen and oxygen atoms in total. The highest BCUT2D eigenvalue weighted by Gasteiger charge is 2.18. The zero-order valence-corrected chi connectivity index (χ0v) is 19.6. The summed E-state index contributed by atoms with van der Waals surface area (Å²) in [5.41, 5.74) is 2.24. The van der Waals surface area contributed by atoms with Gasteiger partial charge in [-0.15, -0.1) is 5.10 Å². The maximum Gasteiger partial charge on any atom is 0.252 e. The third-order valence-corrected chi connectivity index (χ3v) is 5.85. The fourth-order valence-corrected chi connectivity index (χ4v) is 4.04. The zero-order valence-electron chi connectivity index (χ0n) is 19.6. The largest absolute Gasteiger partial charge is 0.497 e. The Morgan fingerprint density at radius 1 is 1.06 bits per heavy atom. The van der Waals surface area contributed by atoms with E-state index < -0.39 is 0 Å². The first-order valence-corrected chi connectivity index (χ1v) is 11.2. The highest BCUT2D eigenvalue weighted by molar-refractivity contribution is 5.83. The third-order valence-electron chi connectivity index (χ3n) is 5.85. The Kier molecular flexibility index (Phi) is 6.59. The van der Waals surface area contributed by atoms with Crippen molar-refractivity contribution in [1.29, 1.82) is 0 Å². The first kappa shape index (κ1) is 22.8. The minimum Gasteiger partial charge on any atom is -0.497 e. The maximum atomic E-state index is 13.0. The molecule has 11 heteroatoms. The first-order valence-electron chi connectivity index (χ1n) is 11.2. The number of aromatic amines is 1. The van der Waals surface area contributed by atoms with Crippen LogP contribution in [-0.4, -0.2) is 57.7 Å². The number of pyridine rings is 1. The van der Waals surface area contributed by atoms with E-state index >= 15 is 0 Å². The number of rotatable bonds is 10. The molecule has 0 amide bonds. The fourth-order valence-electron chi connectivity index (χ4n) is 4.04. The van der Waals surface area contributed by atoms with Crippen molar-refractivity contribution in [3.05, 3.63) is 69.8 Å². The topological polar surface area (TPSA) is 117 Å². The van der Waals surface area contributed by atoms with Gasteiger partial charge in [0.1, 0.15) is 5.75 Å². The summed E-state index contributed by atoms with van der Waals surface area (Å²) >= 11 is 0. The van der Waals surface area contributed by atoms with Gasteiger partial charge in [0.15, 0.2) is 17.3 Å². The molecule has 0 saturated heterocycles. The Balaban J connectivity index is 1.44. The van der Waals surface area contributed by atoms with Crippen LogP contribution in [0.25, 0.3) is 10.9 Å². The Labute approximate surface area is 201 Å². The summed E-state index contributed by atoms with van der Waals surface area (Å²) in [4.78, 5) is 18.1. The Morgan fingerprint density at radius 3 is 2.63 bits per heavy atom. The molecule has 35 heavy (non-hydrogen) atoms. The van der Waals surface area contributed by atoms with Gasteiger partial charge >= 0.3 is 0 Å². The molecule has 4 aromatic rings. The minimum atomic E-state index is -0.157. The Bertz CT molecular complexity index is 1370. The van der Waals surface area contributed by atoms with Crippen molar-refractivity contribution >= 4 is 10.9 Å². The van der Waals surface area contributed by atoms with Crippen molar-refractivity contribution in [2.45, 2.75) is 26.2 Å². The second-order valence-corrected chi connectivity index (χ2v) is 8.22. The number of hydrogen-bond acceptors (Lipinski definition) is 9. The van der Waals surface area contributed by atoms with E-state index in [1.165, 1.54) is 0 Å². The summed E-state index contributed by atoms with van der Waals surface area (Å²) in [7, 11) is 3.28. The van der Waals surface area contributed by atoms with E-state index in [4.69, 9.17) is 18.9 Å². The number of H-pyrrole nitrogens is 1. The van der Waals surface area contributed by atoms with E-state index in [0.717, 1.165) is 16.7 Å². The number of benzene rings is 2. The van der Waals surface area contributed by atoms with Crippen molar-refractivity contribution in [2.75, 3.05) is 27.6 Å². The zero-order chi connectivity index (χ0) is 24.2. The Hall–Kier alpha value is -3.96. The predicted molar refractivity (Wildman–Crippen MR) is 126 cm³/mol. The SMILES string of the molecule is COCCn1nnnc1CN(Cc1ccc(OC)cc1)Cc1cc2cc3c(cc2[nH]c1=O)OCO3. The first-order chi connectivity index (χ1) is 17.1. The van der Waals surface area contributed by atoms with E-state index in [1.807, 2.05) is 36.4 Å². The lowest BCUT2D eigenvalue weighted by Gasteiger charge is -2.22. The van der Waals surface area contributed by atoms with Gasteiger partial charge in [0, 0.05) is 37.2 Å². The second kappa shape index (κ2) is 10.1. The van der Waals surface area contributed by atoms with Crippen LogP contribution in [-0.2, 0) is 30.9 Å². The van der Waals surface area contributed by atoms with E-state index in [2.05, 4.69) is 25.4 Å². The van der Waals surface area contributed by atoms with Gasteiger partial charge in [-0.3, -0.25) is 9.69 Å². The number of tetrazole rings is 1. The maximum absolute atomic E-state index is 13.0. The molecular weight excluding hydrogens is 452 g/mol. The van der Waals surface area contributed by atoms with E-state index in [1.54, 1.807) is 25.0 Å². The molecule has 0 atom stereocenters. The molecule has 1 aliphatic rings. The van der Waals surface area contributed by atoms with E-state index in [-0.39, 0.29) is 12.4 Å². The van der Waals surface area contributed by atoms with Crippen LogP contribution in [0.3, 0.4) is 0 Å². The van der Waals surface area contributed by atoms with Crippen LogP contribution in [0.5, 0.6) is 17.2 Å². The van der Waals surface area contributed by atoms with Crippen molar-refractivity contribution in [3.63, 3.8) is 0 Å². The third kappa shape index (κ3) is 5.10. The van der Waals surface area contributed by atoms with E-state index in [9.17, 15) is 4.79 Å². The van der Waals surface area contributed by atoms with Gasteiger partial charge in [0.25, 0.3) is 5.56 Å². The van der Waals surface area contributed by atoms with Crippen LogP contribution in [0, 0.1) is 0 Å². The molecule has 0 radical (unpaired) electrons. The molecule has 5 rings (SSSR count). The number of nitrogens with one attached hydrogen (secondary N) is 1. The molecule has 1 N–H and O–H groups in total. The smallest absolute Gasteiger partial charge is 0.252 e. The van der Waals surface area contributed by atoms with Crippen LogP contribution in [0.2, 0.25) is 0 Å². The van der Waals surface area contributed by atoms with Crippen LogP contribution in [0.4, 0.5) is 0 Å². The van der Waals surface area contributed by atoms with Crippen molar-refractivity contribution < 1.29 is 18.9 Å². The molecule has 0 bridgehead atoms. The summed E-state index contributed by atoms with van der Waals surface area (Å²) in [5, 5.41) is 13.0. The molecule has 1 aliphatic heterocycles. The molecule has 0 fully saturated rings. The van der Waals surface area contributed by atoms with Gasteiger partial charge in [-0.05, 0) is 40.3 Å². The summed E-state index contributed by atoms with van der Waals surface area (Å²) < 4.78 is 23.1. The van der Waals surface area contributed by atoms with E-state index in [0.29, 0.717) is 61.2 Å². The predicted octanol–water partition coefficient (Wildman–Crippen LogP) is 2.10. The molecule has 0 spiro atoms. The van der Waals surface area contributed by atoms with Crippen LogP contribution < -0.4 is 19.8 Å². The molecule has 0 saturated carbocycles. The minimum absolute atomic E-state index is 0.157. The number of methoxy groups -OCH3 is 2. The number of hydrogen-bond donors (Lipinski definition) is 1. The molecule has 2 aromatic heterocycles. The number of fused-ring (bicyclic) bond motifs is 2. The summed E-state index contributed by atoms with van der Waals surface area (Å²) in [5.74, 6) is 2.78. The fraction of sp³-hybridized carbons (Fsp3) is 0.333. The van der Waals surface area contributed by atoms with Gasteiger partial charge in [-0.2, -0.15) is 0 Å². The second-order valence-electron chi connectivity index (χ2n) is 8.22. The summed E-state index contributed by atoms with van der Waals surface area (Å²) in [6.45, 7) is 2.64. The van der Waals surface area contributed by atoms with Crippen LogP contribution in [0.1, 0.15) is 17.0 Å². The van der Waals surface area contributed by atoms with Crippen LogP contribution >= 0.6 is 0 Å². The Morgan fingerprint density at radius 2 is 1.86 bits per heavy atom. The highest BCUT2D eigenvalue weighted by atomic mass is 16.7. The lowest BCUT2D eigenvalue weighted by molar-refractivity contribution is 0.174. The quantitative estimate of drug-likeness (QED) is 0.366. The molecular formula is C24H26N6O5. The summed E-state index contributed by atoms with van der Waals surface area (Å²) in [6, 6.07) is 13.4. The van der Waals surface area contributed by atoms with Gasteiger partial charge < -0.3 is 23.9 Å². The molecule has 182 valence electrons. The number of ether oxygens (including phenoxy) is 4. The molecule has 3 heterocycles.